The molecule has 0 radical (unpaired) electrons. The summed E-state index contributed by atoms with van der Waals surface area (Å²) < 4.78 is 0. The van der Waals surface area contributed by atoms with Gasteiger partial charge in [0.15, 0.2) is 5.71 Å². The van der Waals surface area contributed by atoms with Crippen molar-refractivity contribution in [2.45, 2.75) is 0 Å². The molecule has 0 fully saturated rings. The third-order valence-corrected chi connectivity index (χ3v) is 3.16. The van der Waals surface area contributed by atoms with Gasteiger partial charge in [-0.2, -0.15) is 0 Å². The Morgan fingerprint density at radius 1 is 1.37 bits per heavy atom. The van der Waals surface area contributed by atoms with E-state index in [9.17, 15) is 19.7 Å². The normalized spacial score (nSPS) is 16.2. The van der Waals surface area contributed by atoms with Crippen molar-refractivity contribution < 1.29 is 19.7 Å². The molecule has 19 heavy (non-hydrogen) atoms. The molecule has 10 heteroatoms. The predicted octanol–water partition coefficient (Wildman–Crippen LogP) is 1.60. The van der Waals surface area contributed by atoms with Crippen LogP contribution in [0.1, 0.15) is 5.56 Å². The number of anilines is 1. The number of ketones is 1. The maximum Gasteiger partial charge on any atom is 0.301 e. The third-order valence-electron chi connectivity index (χ3n) is 2.38. The Balaban J connectivity index is 2.90. The molecular weight excluding hydrogens is 301 g/mol. The predicted molar refractivity (Wildman–Crippen MR) is 65.1 cm³/mol. The van der Waals surface area contributed by atoms with Gasteiger partial charge in [-0.1, -0.05) is 28.4 Å². The molecular formula is C9H3Cl2N3O5. The zero-order valence-corrected chi connectivity index (χ0v) is 10.3. The molecule has 2 rings (SSSR count). The van der Waals surface area contributed by atoms with Crippen molar-refractivity contribution in [2.75, 3.05) is 5.32 Å². The molecule has 0 aliphatic carbocycles. The number of fused-ring (bicyclic) bond motifs is 1. The number of Topliss-reactive ketones (excluding diaryl/α,β-unsaturated/α-hetero) is 1. The van der Waals surface area contributed by atoms with E-state index in [1.165, 1.54) is 0 Å². The lowest BCUT2D eigenvalue weighted by Gasteiger charge is -2.17. The lowest BCUT2D eigenvalue weighted by Crippen LogP contribution is -2.36. The molecule has 0 aromatic heterocycles. The van der Waals surface area contributed by atoms with Crippen LogP contribution in [0.25, 0.3) is 0 Å². The molecule has 2 N–H and O–H groups in total. The molecule has 1 aromatic carbocycles. The van der Waals surface area contributed by atoms with Crippen molar-refractivity contribution in [3.8, 4) is 0 Å². The summed E-state index contributed by atoms with van der Waals surface area (Å²) in [5.41, 5.74) is -1.99. The number of rotatable bonds is 1. The van der Waals surface area contributed by atoms with Gasteiger partial charge in [-0.15, -0.1) is 0 Å². The highest BCUT2D eigenvalue weighted by molar-refractivity contribution is 6.72. The van der Waals surface area contributed by atoms with E-state index in [4.69, 9.17) is 28.4 Å². The Bertz CT molecular complexity index is 670. The van der Waals surface area contributed by atoms with Crippen molar-refractivity contribution in [3.05, 3.63) is 31.8 Å². The first kappa shape index (κ1) is 13.2. The van der Waals surface area contributed by atoms with Crippen LogP contribution in [0, 0.1) is 10.1 Å². The molecule has 0 bridgehead atoms. The highest BCUT2D eigenvalue weighted by Crippen LogP contribution is 2.41. The van der Waals surface area contributed by atoms with Crippen LogP contribution < -0.4 is 5.32 Å². The number of oxime groups is 1. The number of carbonyl (C=O) groups excluding carboxylic acids is 2. The average molecular weight is 304 g/mol. The summed E-state index contributed by atoms with van der Waals surface area (Å²) in [6.45, 7) is 0. The third kappa shape index (κ3) is 1.90. The minimum absolute atomic E-state index is 0.126. The van der Waals surface area contributed by atoms with Gasteiger partial charge in [0, 0.05) is 0 Å². The first-order valence-corrected chi connectivity index (χ1v) is 5.38. The molecule has 8 nitrogen and oxygen atoms in total. The SMILES string of the molecule is O=C1Nc2cc(Cl)c(Cl)c([N+](=O)[O-])c2/C(=N/O)C1=O. The van der Waals surface area contributed by atoms with Gasteiger partial charge < -0.3 is 10.5 Å². The number of nitrogens with zero attached hydrogens (tertiary/aromatic N) is 2. The monoisotopic (exact) mass is 303 g/mol. The Morgan fingerprint density at radius 2 is 2.00 bits per heavy atom. The van der Waals surface area contributed by atoms with Gasteiger partial charge in [0.05, 0.1) is 15.6 Å². The number of carbonyl (C=O) groups is 2. The number of nitrogens with one attached hydrogen (secondary N) is 1. The maximum absolute atomic E-state index is 11.5. The molecule has 0 atom stereocenters. The van der Waals surface area contributed by atoms with Gasteiger partial charge in [-0.05, 0) is 6.07 Å². The Hall–Kier alpha value is -2.19. The number of hydrogen-bond acceptors (Lipinski definition) is 6. The lowest BCUT2D eigenvalue weighted by molar-refractivity contribution is -0.384. The van der Waals surface area contributed by atoms with Crippen molar-refractivity contribution in [3.63, 3.8) is 0 Å². The maximum atomic E-state index is 11.5. The van der Waals surface area contributed by atoms with Gasteiger partial charge in [0.2, 0.25) is 0 Å². The second-order valence-electron chi connectivity index (χ2n) is 3.43. The highest BCUT2D eigenvalue weighted by atomic mass is 35.5. The summed E-state index contributed by atoms with van der Waals surface area (Å²) in [6, 6.07) is 1.13. The largest absolute Gasteiger partial charge is 0.410 e. The van der Waals surface area contributed by atoms with Crippen LogP contribution in [0.5, 0.6) is 0 Å². The first-order valence-electron chi connectivity index (χ1n) is 4.63. The van der Waals surface area contributed by atoms with Crippen LogP contribution in [0.4, 0.5) is 11.4 Å². The first-order chi connectivity index (χ1) is 8.88. The van der Waals surface area contributed by atoms with Crippen molar-refractivity contribution in [1.82, 2.24) is 0 Å². The van der Waals surface area contributed by atoms with Crippen LogP contribution in [-0.2, 0) is 9.59 Å². The Kier molecular flexibility index (Phi) is 3.13. The van der Waals surface area contributed by atoms with Gasteiger partial charge in [0.25, 0.3) is 11.7 Å². The number of nitro benzene ring substituents is 1. The highest BCUT2D eigenvalue weighted by Gasteiger charge is 2.39. The number of benzene rings is 1. The van der Waals surface area contributed by atoms with Crippen molar-refractivity contribution >= 4 is 52.0 Å². The summed E-state index contributed by atoms with van der Waals surface area (Å²) in [7, 11) is 0. The number of amides is 1. The summed E-state index contributed by atoms with van der Waals surface area (Å²) in [6.07, 6.45) is 0. The van der Waals surface area contributed by atoms with Crippen LogP contribution in [0.3, 0.4) is 0 Å². The summed E-state index contributed by atoms with van der Waals surface area (Å²) >= 11 is 11.4. The van der Waals surface area contributed by atoms with E-state index in [1.807, 2.05) is 0 Å². The fraction of sp³-hybridized carbons (Fsp3) is 0. The van der Waals surface area contributed by atoms with E-state index in [0.29, 0.717) is 0 Å². The van der Waals surface area contributed by atoms with Gasteiger partial charge in [-0.3, -0.25) is 19.7 Å². The topological polar surface area (TPSA) is 122 Å². The minimum atomic E-state index is -1.21. The molecule has 0 saturated carbocycles. The van der Waals surface area contributed by atoms with Gasteiger partial charge >= 0.3 is 5.69 Å². The molecule has 0 spiro atoms. The second kappa shape index (κ2) is 4.48. The minimum Gasteiger partial charge on any atom is -0.410 e. The van der Waals surface area contributed by atoms with E-state index in [2.05, 4.69) is 10.5 Å². The van der Waals surface area contributed by atoms with E-state index in [1.54, 1.807) is 0 Å². The molecule has 1 aliphatic heterocycles. The zero-order valence-electron chi connectivity index (χ0n) is 8.81. The van der Waals surface area contributed by atoms with Crippen molar-refractivity contribution in [1.29, 1.82) is 0 Å². The number of nitro groups is 1. The van der Waals surface area contributed by atoms with E-state index < -0.39 is 33.0 Å². The van der Waals surface area contributed by atoms with Crippen LogP contribution in [-0.4, -0.2) is 27.5 Å². The van der Waals surface area contributed by atoms with Crippen LogP contribution in [0.15, 0.2) is 11.2 Å². The Labute approximate surface area is 114 Å². The lowest BCUT2D eigenvalue weighted by atomic mass is 9.98. The van der Waals surface area contributed by atoms with Crippen LogP contribution >= 0.6 is 23.2 Å². The van der Waals surface area contributed by atoms with Gasteiger partial charge in [-0.25, -0.2) is 0 Å². The number of halogens is 2. The average Bonchev–Trinajstić information content (AvgIpc) is 2.33. The van der Waals surface area contributed by atoms with E-state index in [-0.39, 0.29) is 16.3 Å². The second-order valence-corrected chi connectivity index (χ2v) is 4.22. The standard InChI is InChI=1S/C9H3Cl2N3O5/c10-2-1-3-4(7(5(2)11)14(18)19)6(13-17)8(15)9(16)12-3/h1,17H,(H,12,16)/b13-6-. The molecule has 0 unspecified atom stereocenters. The van der Waals surface area contributed by atoms with E-state index in [0.717, 1.165) is 6.07 Å². The fourth-order valence-corrected chi connectivity index (χ4v) is 2.03. The fourth-order valence-electron chi connectivity index (χ4n) is 1.62. The van der Waals surface area contributed by atoms with E-state index >= 15 is 0 Å². The molecule has 1 amide bonds. The van der Waals surface area contributed by atoms with Crippen molar-refractivity contribution in [2.24, 2.45) is 5.16 Å². The zero-order chi connectivity index (χ0) is 14.3. The quantitative estimate of drug-likeness (QED) is 0.353. The molecule has 1 aromatic rings. The van der Waals surface area contributed by atoms with Gasteiger partial charge in [0.1, 0.15) is 10.6 Å². The number of hydrogen-bond donors (Lipinski definition) is 2. The molecule has 1 heterocycles. The summed E-state index contributed by atoms with van der Waals surface area (Å²) in [5, 5.41) is 23.9. The summed E-state index contributed by atoms with van der Waals surface area (Å²) in [5.74, 6) is -2.30. The smallest absolute Gasteiger partial charge is 0.301 e. The summed E-state index contributed by atoms with van der Waals surface area (Å²) in [4.78, 5) is 32.9. The Morgan fingerprint density at radius 3 is 2.53 bits per heavy atom. The van der Waals surface area contributed by atoms with Crippen LogP contribution in [0.2, 0.25) is 10.0 Å². The molecule has 0 saturated heterocycles. The molecule has 98 valence electrons. The molecule has 1 aliphatic rings.